The second-order valence-corrected chi connectivity index (χ2v) is 4.48. The van der Waals surface area contributed by atoms with E-state index in [1.54, 1.807) is 18.1 Å². The summed E-state index contributed by atoms with van der Waals surface area (Å²) in [7, 11) is 1.61. The number of hydrogen-bond donors (Lipinski definition) is 1. The number of amides is 1. The Morgan fingerprint density at radius 3 is 2.88 bits per heavy atom. The number of ether oxygens (including phenoxy) is 1. The van der Waals surface area contributed by atoms with Crippen LogP contribution in [0.4, 0.5) is 0 Å². The molecule has 1 aromatic rings. The molecule has 0 saturated carbocycles. The fourth-order valence-electron chi connectivity index (χ4n) is 2.11. The van der Waals surface area contributed by atoms with Crippen molar-refractivity contribution >= 4 is 5.91 Å². The molecule has 0 aromatic heterocycles. The van der Waals surface area contributed by atoms with Crippen molar-refractivity contribution in [2.24, 2.45) is 5.73 Å². The average Bonchev–Trinajstić information content (AvgIpc) is 2.75. The van der Waals surface area contributed by atoms with E-state index in [0.717, 1.165) is 24.3 Å². The molecule has 4 nitrogen and oxygen atoms in total. The van der Waals surface area contributed by atoms with Crippen LogP contribution in [0.2, 0.25) is 0 Å². The summed E-state index contributed by atoms with van der Waals surface area (Å²) in [4.78, 5) is 14.0. The molecule has 0 unspecified atom stereocenters. The van der Waals surface area contributed by atoms with Gasteiger partial charge in [-0.15, -0.1) is 0 Å². The summed E-state index contributed by atoms with van der Waals surface area (Å²) in [6.07, 6.45) is 0.884. The van der Waals surface area contributed by atoms with Gasteiger partial charge in [0, 0.05) is 24.7 Å². The first-order valence-corrected chi connectivity index (χ1v) is 5.81. The van der Waals surface area contributed by atoms with Crippen molar-refractivity contribution in [1.29, 1.82) is 0 Å². The van der Waals surface area contributed by atoms with Crippen molar-refractivity contribution in [3.63, 3.8) is 0 Å². The summed E-state index contributed by atoms with van der Waals surface area (Å²) in [5, 5.41) is 0. The Labute approximate surface area is 101 Å². The maximum absolute atomic E-state index is 12.2. The summed E-state index contributed by atoms with van der Waals surface area (Å²) in [5.41, 5.74) is 7.50. The molecule has 17 heavy (non-hydrogen) atoms. The maximum atomic E-state index is 12.2. The highest BCUT2D eigenvalue weighted by atomic mass is 16.5. The number of methoxy groups -OCH3 is 1. The predicted molar refractivity (Wildman–Crippen MR) is 66.2 cm³/mol. The van der Waals surface area contributed by atoms with Crippen molar-refractivity contribution in [2.45, 2.75) is 19.4 Å². The van der Waals surface area contributed by atoms with Gasteiger partial charge in [-0.3, -0.25) is 4.79 Å². The van der Waals surface area contributed by atoms with Gasteiger partial charge >= 0.3 is 0 Å². The topological polar surface area (TPSA) is 55.6 Å². The first-order valence-electron chi connectivity index (χ1n) is 5.81. The van der Waals surface area contributed by atoms with Crippen molar-refractivity contribution in [2.75, 3.05) is 20.2 Å². The molecule has 92 valence electrons. The Morgan fingerprint density at radius 1 is 1.53 bits per heavy atom. The molecule has 0 spiro atoms. The predicted octanol–water partition coefficient (Wildman–Crippen LogP) is 1.18. The van der Waals surface area contributed by atoms with E-state index in [-0.39, 0.29) is 11.9 Å². The van der Waals surface area contributed by atoms with E-state index in [1.165, 1.54) is 0 Å². The van der Waals surface area contributed by atoms with Crippen LogP contribution in [-0.2, 0) is 0 Å². The number of hydrogen-bond acceptors (Lipinski definition) is 3. The zero-order valence-electron chi connectivity index (χ0n) is 10.3. The number of rotatable bonds is 2. The van der Waals surface area contributed by atoms with Crippen LogP contribution in [0, 0.1) is 6.92 Å². The number of nitrogens with two attached hydrogens (primary N) is 1. The summed E-state index contributed by atoms with van der Waals surface area (Å²) in [5.74, 6) is 0.788. The molecule has 2 rings (SSSR count). The van der Waals surface area contributed by atoms with Gasteiger partial charge < -0.3 is 15.4 Å². The summed E-state index contributed by atoms with van der Waals surface area (Å²) in [6.45, 7) is 3.35. The average molecular weight is 234 g/mol. The molecule has 1 heterocycles. The third kappa shape index (κ3) is 2.42. The summed E-state index contributed by atoms with van der Waals surface area (Å²) >= 11 is 0. The van der Waals surface area contributed by atoms with Crippen LogP contribution in [0.15, 0.2) is 18.2 Å². The van der Waals surface area contributed by atoms with E-state index >= 15 is 0 Å². The maximum Gasteiger partial charge on any atom is 0.254 e. The molecule has 4 heteroatoms. The molecule has 1 aliphatic rings. The molecule has 1 aromatic carbocycles. The molecular weight excluding hydrogens is 216 g/mol. The van der Waals surface area contributed by atoms with Crippen molar-refractivity contribution in [3.8, 4) is 5.75 Å². The lowest BCUT2D eigenvalue weighted by Gasteiger charge is -2.16. The largest absolute Gasteiger partial charge is 0.496 e. The highest BCUT2D eigenvalue weighted by Crippen LogP contribution is 2.21. The van der Waals surface area contributed by atoms with Gasteiger partial charge in [-0.25, -0.2) is 0 Å². The van der Waals surface area contributed by atoms with Crippen LogP contribution in [0.5, 0.6) is 5.75 Å². The lowest BCUT2D eigenvalue weighted by atomic mass is 10.1. The van der Waals surface area contributed by atoms with Crippen LogP contribution in [0.25, 0.3) is 0 Å². The Morgan fingerprint density at radius 2 is 2.29 bits per heavy atom. The van der Waals surface area contributed by atoms with E-state index in [9.17, 15) is 4.79 Å². The number of carbonyl (C=O) groups is 1. The second kappa shape index (κ2) is 4.75. The fourth-order valence-corrected chi connectivity index (χ4v) is 2.11. The zero-order chi connectivity index (χ0) is 12.4. The van der Waals surface area contributed by atoms with Gasteiger partial charge in [-0.1, -0.05) is 6.07 Å². The van der Waals surface area contributed by atoms with E-state index in [0.29, 0.717) is 12.1 Å². The second-order valence-electron chi connectivity index (χ2n) is 4.48. The molecule has 1 fully saturated rings. The molecule has 1 aliphatic heterocycles. The molecular formula is C13H18N2O2. The standard InChI is InChI=1S/C13H18N2O2/c1-9-3-4-10(7-12(9)17-2)13(16)15-6-5-11(14)8-15/h3-4,7,11H,5-6,8,14H2,1-2H3/t11-/m0/s1. The number of nitrogens with zero attached hydrogens (tertiary/aromatic N) is 1. The van der Waals surface area contributed by atoms with Gasteiger partial charge in [-0.2, -0.15) is 0 Å². The molecule has 1 amide bonds. The Hall–Kier alpha value is -1.55. The summed E-state index contributed by atoms with van der Waals surface area (Å²) < 4.78 is 5.22. The third-order valence-corrected chi connectivity index (χ3v) is 3.17. The van der Waals surface area contributed by atoms with Crippen molar-refractivity contribution in [1.82, 2.24) is 4.90 Å². The lowest BCUT2D eigenvalue weighted by Crippen LogP contribution is -2.31. The Bertz CT molecular complexity index is 431. The van der Waals surface area contributed by atoms with Gasteiger partial charge in [0.1, 0.15) is 5.75 Å². The first-order chi connectivity index (χ1) is 8.11. The van der Waals surface area contributed by atoms with Gasteiger partial charge in [-0.05, 0) is 31.0 Å². The van der Waals surface area contributed by atoms with Crippen LogP contribution in [0.1, 0.15) is 22.3 Å². The van der Waals surface area contributed by atoms with E-state index < -0.39 is 0 Å². The van der Waals surface area contributed by atoms with E-state index in [4.69, 9.17) is 10.5 Å². The molecule has 0 radical (unpaired) electrons. The van der Waals surface area contributed by atoms with Gasteiger partial charge in [0.15, 0.2) is 0 Å². The number of carbonyl (C=O) groups excluding carboxylic acids is 1. The van der Waals surface area contributed by atoms with Gasteiger partial charge in [0.2, 0.25) is 0 Å². The molecule has 0 bridgehead atoms. The Balaban J connectivity index is 2.19. The zero-order valence-corrected chi connectivity index (χ0v) is 10.3. The fraction of sp³-hybridized carbons (Fsp3) is 0.462. The third-order valence-electron chi connectivity index (χ3n) is 3.17. The van der Waals surface area contributed by atoms with Crippen molar-refractivity contribution in [3.05, 3.63) is 29.3 Å². The minimum atomic E-state index is 0.0382. The monoisotopic (exact) mass is 234 g/mol. The molecule has 0 aliphatic carbocycles. The smallest absolute Gasteiger partial charge is 0.254 e. The molecule has 2 N–H and O–H groups in total. The molecule has 1 saturated heterocycles. The van der Waals surface area contributed by atoms with E-state index in [2.05, 4.69) is 0 Å². The minimum Gasteiger partial charge on any atom is -0.496 e. The van der Waals surface area contributed by atoms with Gasteiger partial charge in [0.25, 0.3) is 5.91 Å². The number of benzene rings is 1. The summed E-state index contributed by atoms with van der Waals surface area (Å²) in [6, 6.07) is 5.65. The quantitative estimate of drug-likeness (QED) is 0.836. The van der Waals surface area contributed by atoms with E-state index in [1.807, 2.05) is 19.1 Å². The molecule has 1 atom stereocenters. The van der Waals surface area contributed by atoms with Crippen LogP contribution >= 0.6 is 0 Å². The number of aryl methyl sites for hydroxylation is 1. The van der Waals surface area contributed by atoms with Crippen molar-refractivity contribution < 1.29 is 9.53 Å². The van der Waals surface area contributed by atoms with Crippen LogP contribution < -0.4 is 10.5 Å². The first kappa shape index (κ1) is 11.9. The highest BCUT2D eigenvalue weighted by Gasteiger charge is 2.24. The number of likely N-dealkylation sites (tertiary alicyclic amines) is 1. The highest BCUT2D eigenvalue weighted by molar-refractivity contribution is 5.95. The Kier molecular flexibility index (Phi) is 3.33. The normalized spacial score (nSPS) is 19.5. The van der Waals surface area contributed by atoms with Crippen LogP contribution in [-0.4, -0.2) is 37.0 Å². The minimum absolute atomic E-state index is 0.0382. The lowest BCUT2D eigenvalue weighted by molar-refractivity contribution is 0.0790. The van der Waals surface area contributed by atoms with Gasteiger partial charge in [0.05, 0.1) is 7.11 Å². The van der Waals surface area contributed by atoms with Crippen LogP contribution in [0.3, 0.4) is 0 Å². The SMILES string of the molecule is COc1cc(C(=O)N2CC[C@H](N)C2)ccc1C.